The Balaban J connectivity index is 1.74. The quantitative estimate of drug-likeness (QED) is 0.808. The summed E-state index contributed by atoms with van der Waals surface area (Å²) in [6.07, 6.45) is 2.46. The van der Waals surface area contributed by atoms with Crippen LogP contribution in [0.15, 0.2) is 23.4 Å². The maximum absolute atomic E-state index is 12.4. The van der Waals surface area contributed by atoms with Crippen LogP contribution >= 0.6 is 23.2 Å². The molecule has 1 aliphatic heterocycles. The molecule has 1 atom stereocenters. The van der Waals surface area contributed by atoms with Gasteiger partial charge in [-0.15, -0.1) is 5.10 Å². The van der Waals surface area contributed by atoms with Gasteiger partial charge in [0.15, 0.2) is 0 Å². The summed E-state index contributed by atoms with van der Waals surface area (Å²) in [5.74, 6) is 1.23. The van der Waals surface area contributed by atoms with Crippen molar-refractivity contribution in [3.63, 3.8) is 0 Å². The van der Waals surface area contributed by atoms with E-state index in [4.69, 9.17) is 23.2 Å². The molecule has 0 spiro atoms. The summed E-state index contributed by atoms with van der Waals surface area (Å²) in [6, 6.07) is 5.25. The highest BCUT2D eigenvalue weighted by Crippen LogP contribution is 2.24. The molecule has 23 heavy (non-hydrogen) atoms. The van der Waals surface area contributed by atoms with Crippen LogP contribution in [0.1, 0.15) is 18.7 Å². The Morgan fingerprint density at radius 3 is 2.65 bits per heavy atom. The number of halogens is 2. The highest BCUT2D eigenvalue weighted by atomic mass is 35.5. The molecule has 0 saturated carbocycles. The summed E-state index contributed by atoms with van der Waals surface area (Å²) < 4.78 is 14.1. The van der Waals surface area contributed by atoms with Gasteiger partial charge in [0, 0.05) is 12.3 Å². The number of likely N-dealkylation sites (tertiary alicyclic amines) is 1. The van der Waals surface area contributed by atoms with Crippen LogP contribution < -0.4 is 0 Å². The Morgan fingerprint density at radius 2 is 1.96 bits per heavy atom. The lowest BCUT2D eigenvalue weighted by Gasteiger charge is -2.12. The van der Waals surface area contributed by atoms with Crippen LogP contribution in [0.25, 0.3) is 5.69 Å². The van der Waals surface area contributed by atoms with Crippen molar-refractivity contribution < 1.29 is 4.21 Å². The second kappa shape index (κ2) is 7.30. The van der Waals surface area contributed by atoms with Crippen molar-refractivity contribution in [3.05, 3.63) is 34.1 Å². The minimum absolute atomic E-state index is 0.368. The van der Waals surface area contributed by atoms with Gasteiger partial charge in [0.25, 0.3) is 0 Å². The minimum Gasteiger partial charge on any atom is -0.302 e. The second-order valence-corrected chi connectivity index (χ2v) is 7.83. The summed E-state index contributed by atoms with van der Waals surface area (Å²) in [6.45, 7) is 4.85. The van der Waals surface area contributed by atoms with Crippen molar-refractivity contribution in [2.75, 3.05) is 25.4 Å². The molecule has 0 N–H and O–H groups in total. The van der Waals surface area contributed by atoms with E-state index in [9.17, 15) is 4.21 Å². The van der Waals surface area contributed by atoms with E-state index < -0.39 is 10.8 Å². The monoisotopic (exact) mass is 372 g/mol. The maximum Gasteiger partial charge on any atom is 0.239 e. The first-order valence-corrected chi connectivity index (χ1v) is 9.62. The molecule has 0 aliphatic carbocycles. The SMILES string of the molecule is Cc1nc(S(=O)CCN2CCCC2)nn1-c1ccc(Cl)c(Cl)c1. The fraction of sp³-hybridized carbons (Fsp3) is 0.467. The molecule has 1 aromatic heterocycles. The Labute approximate surface area is 148 Å². The van der Waals surface area contributed by atoms with E-state index in [0.717, 1.165) is 25.3 Å². The van der Waals surface area contributed by atoms with E-state index >= 15 is 0 Å². The van der Waals surface area contributed by atoms with Crippen LogP contribution in [-0.4, -0.2) is 49.3 Å². The average molecular weight is 373 g/mol. The van der Waals surface area contributed by atoms with Crippen LogP contribution in [-0.2, 0) is 10.8 Å². The number of rotatable bonds is 5. The van der Waals surface area contributed by atoms with Gasteiger partial charge in [0.2, 0.25) is 5.16 Å². The van der Waals surface area contributed by atoms with E-state index in [1.807, 2.05) is 13.0 Å². The number of aryl methyl sites for hydroxylation is 1. The molecule has 1 fully saturated rings. The number of hydrogen-bond donors (Lipinski definition) is 0. The average Bonchev–Trinajstić information content (AvgIpc) is 3.17. The summed E-state index contributed by atoms with van der Waals surface area (Å²) >= 11 is 12.0. The van der Waals surface area contributed by atoms with Gasteiger partial charge >= 0.3 is 0 Å². The first-order valence-electron chi connectivity index (χ1n) is 7.54. The largest absolute Gasteiger partial charge is 0.302 e. The number of benzene rings is 1. The summed E-state index contributed by atoms with van der Waals surface area (Å²) in [4.78, 5) is 6.68. The Bertz CT molecular complexity index is 728. The number of nitrogens with zero attached hydrogens (tertiary/aromatic N) is 4. The predicted octanol–water partition coefficient (Wildman–Crippen LogP) is 3.09. The Kier molecular flexibility index (Phi) is 5.36. The second-order valence-electron chi connectivity index (χ2n) is 5.55. The molecule has 0 radical (unpaired) electrons. The fourth-order valence-corrected chi connectivity index (χ4v) is 3.94. The molecular formula is C15H18Cl2N4OS. The lowest BCUT2D eigenvalue weighted by Crippen LogP contribution is -2.24. The molecule has 124 valence electrons. The van der Waals surface area contributed by atoms with Gasteiger partial charge in [-0.05, 0) is 51.1 Å². The van der Waals surface area contributed by atoms with Crippen molar-refractivity contribution in [1.29, 1.82) is 0 Å². The van der Waals surface area contributed by atoms with E-state index in [1.165, 1.54) is 12.8 Å². The van der Waals surface area contributed by atoms with Gasteiger partial charge in [0.05, 0.1) is 26.5 Å². The standard InChI is InChI=1S/C15H18Cl2N4OS/c1-11-18-15(23(22)9-8-20-6-2-3-7-20)19-21(11)12-4-5-13(16)14(17)10-12/h4-5,10H,2-3,6-9H2,1H3. The topological polar surface area (TPSA) is 51.0 Å². The first kappa shape index (κ1) is 16.9. The van der Waals surface area contributed by atoms with E-state index in [1.54, 1.807) is 16.8 Å². The van der Waals surface area contributed by atoms with Gasteiger partial charge in [-0.1, -0.05) is 23.2 Å². The molecule has 3 rings (SSSR count). The Hall–Kier alpha value is -0.950. The highest BCUT2D eigenvalue weighted by Gasteiger charge is 2.17. The van der Waals surface area contributed by atoms with E-state index in [2.05, 4.69) is 15.0 Å². The molecule has 1 unspecified atom stereocenters. The van der Waals surface area contributed by atoms with Crippen molar-refractivity contribution in [3.8, 4) is 5.69 Å². The lowest BCUT2D eigenvalue weighted by atomic mass is 10.3. The smallest absolute Gasteiger partial charge is 0.239 e. The normalized spacial score (nSPS) is 16.8. The minimum atomic E-state index is -1.20. The Morgan fingerprint density at radius 1 is 1.22 bits per heavy atom. The summed E-state index contributed by atoms with van der Waals surface area (Å²) in [7, 11) is -1.20. The third-order valence-electron chi connectivity index (χ3n) is 3.89. The van der Waals surface area contributed by atoms with Crippen LogP contribution in [0.2, 0.25) is 10.0 Å². The molecule has 5 nitrogen and oxygen atoms in total. The van der Waals surface area contributed by atoms with Gasteiger partial charge in [-0.25, -0.2) is 9.67 Å². The summed E-state index contributed by atoms with van der Waals surface area (Å²) in [5, 5.41) is 5.69. The number of aromatic nitrogens is 3. The predicted molar refractivity (Wildman–Crippen MR) is 93.1 cm³/mol. The zero-order valence-corrected chi connectivity index (χ0v) is 15.2. The molecule has 2 heterocycles. The molecule has 0 bridgehead atoms. The van der Waals surface area contributed by atoms with Gasteiger partial charge in [-0.3, -0.25) is 4.21 Å². The zero-order chi connectivity index (χ0) is 16.4. The first-order chi connectivity index (χ1) is 11.0. The van der Waals surface area contributed by atoms with Crippen molar-refractivity contribution >= 4 is 34.0 Å². The number of hydrogen-bond acceptors (Lipinski definition) is 4. The van der Waals surface area contributed by atoms with Crippen molar-refractivity contribution in [1.82, 2.24) is 19.7 Å². The molecule has 0 amide bonds. The van der Waals surface area contributed by atoms with Gasteiger partial charge in [0.1, 0.15) is 5.82 Å². The fourth-order valence-electron chi connectivity index (χ4n) is 2.63. The third-order valence-corrected chi connectivity index (χ3v) is 5.77. The summed E-state index contributed by atoms with van der Waals surface area (Å²) in [5.41, 5.74) is 0.757. The highest BCUT2D eigenvalue weighted by molar-refractivity contribution is 7.84. The third kappa shape index (κ3) is 3.94. The van der Waals surface area contributed by atoms with Crippen LogP contribution in [0, 0.1) is 6.92 Å². The van der Waals surface area contributed by atoms with Crippen molar-refractivity contribution in [2.45, 2.75) is 24.9 Å². The van der Waals surface area contributed by atoms with E-state index in [-0.39, 0.29) is 0 Å². The molecular weight excluding hydrogens is 355 g/mol. The molecule has 2 aromatic rings. The molecule has 1 saturated heterocycles. The van der Waals surface area contributed by atoms with Crippen LogP contribution in [0.3, 0.4) is 0 Å². The van der Waals surface area contributed by atoms with Crippen LogP contribution in [0.5, 0.6) is 0 Å². The molecule has 1 aromatic carbocycles. The van der Waals surface area contributed by atoms with Gasteiger partial charge in [-0.2, -0.15) is 0 Å². The maximum atomic E-state index is 12.4. The van der Waals surface area contributed by atoms with E-state index in [0.29, 0.717) is 26.8 Å². The zero-order valence-electron chi connectivity index (χ0n) is 12.8. The molecule has 1 aliphatic rings. The molecule has 8 heteroatoms. The van der Waals surface area contributed by atoms with Crippen LogP contribution in [0.4, 0.5) is 0 Å². The van der Waals surface area contributed by atoms with Gasteiger partial charge < -0.3 is 4.90 Å². The van der Waals surface area contributed by atoms with Crippen molar-refractivity contribution in [2.24, 2.45) is 0 Å². The lowest BCUT2D eigenvalue weighted by molar-refractivity contribution is 0.360.